The monoisotopic (exact) mass is 430 g/mol. The minimum absolute atomic E-state index is 0.169. The predicted molar refractivity (Wildman–Crippen MR) is 113 cm³/mol. The van der Waals surface area contributed by atoms with Crippen LogP contribution in [-0.2, 0) is 4.79 Å². The number of carboxylic acids is 1. The van der Waals surface area contributed by atoms with E-state index in [0.717, 1.165) is 11.8 Å². The van der Waals surface area contributed by atoms with Gasteiger partial charge in [0.15, 0.2) is 23.0 Å². The highest BCUT2D eigenvalue weighted by molar-refractivity contribution is 5.96. The lowest BCUT2D eigenvalue weighted by atomic mass is 9.98. The number of aromatic carboxylic acids is 1. The Kier molecular flexibility index (Phi) is 5.68. The van der Waals surface area contributed by atoms with Crippen molar-refractivity contribution in [1.29, 1.82) is 5.26 Å². The Balaban J connectivity index is 1.61. The molecule has 1 aliphatic heterocycles. The molecule has 0 aliphatic carbocycles. The van der Waals surface area contributed by atoms with Crippen LogP contribution in [0.2, 0.25) is 0 Å². The van der Waals surface area contributed by atoms with Crippen molar-refractivity contribution in [3.05, 3.63) is 71.7 Å². The molecule has 1 saturated heterocycles. The quantitative estimate of drug-likeness (QED) is 0.631. The maximum atomic E-state index is 12.6. The van der Waals surface area contributed by atoms with Gasteiger partial charge in [-0.2, -0.15) is 5.26 Å². The molecule has 1 aliphatic rings. The third-order valence-corrected chi connectivity index (χ3v) is 5.13. The maximum absolute atomic E-state index is 12.6. The highest BCUT2D eigenvalue weighted by Crippen LogP contribution is 2.38. The molecule has 2 aromatic carbocycles. The molecular formula is C23H18N4O5. The van der Waals surface area contributed by atoms with Crippen molar-refractivity contribution in [3.63, 3.8) is 0 Å². The number of rotatable bonds is 6. The van der Waals surface area contributed by atoms with Crippen LogP contribution in [0, 0.1) is 11.3 Å². The Bertz CT molecular complexity index is 1240. The molecule has 4 rings (SSSR count). The Morgan fingerprint density at radius 3 is 2.75 bits per heavy atom. The van der Waals surface area contributed by atoms with E-state index in [-0.39, 0.29) is 29.8 Å². The molecule has 160 valence electrons. The number of carboxylic acid groups (broad SMARTS) is 1. The Labute approximate surface area is 183 Å². The van der Waals surface area contributed by atoms with Crippen LogP contribution in [0.15, 0.2) is 54.9 Å². The fourth-order valence-electron chi connectivity index (χ4n) is 3.53. The van der Waals surface area contributed by atoms with Gasteiger partial charge in [-0.3, -0.25) is 14.7 Å². The molecule has 1 fully saturated rings. The van der Waals surface area contributed by atoms with Crippen molar-refractivity contribution >= 4 is 17.7 Å². The number of methoxy groups -OCH3 is 1. The standard InChI is InChI=1S/C23H18N4O5/c1-31-19-7-6-14(8-20(19)32-18-5-3-2-4-15(18)10-24)16-9-22(28)27(13-16)21-12-25-11-17(26-21)23(29)30/h2-8,11-12,16H,9,13H2,1H3,(H,29,30). The molecule has 0 bridgehead atoms. The van der Waals surface area contributed by atoms with Crippen molar-refractivity contribution in [1.82, 2.24) is 9.97 Å². The maximum Gasteiger partial charge on any atom is 0.356 e. The van der Waals surface area contributed by atoms with E-state index in [1.165, 1.54) is 18.2 Å². The number of aromatic nitrogens is 2. The van der Waals surface area contributed by atoms with Crippen LogP contribution in [-0.4, -0.2) is 40.6 Å². The zero-order chi connectivity index (χ0) is 22.7. The van der Waals surface area contributed by atoms with E-state index in [2.05, 4.69) is 16.0 Å². The SMILES string of the molecule is COc1ccc(C2CC(=O)N(c3cncc(C(=O)O)n3)C2)cc1Oc1ccccc1C#N. The van der Waals surface area contributed by atoms with Crippen molar-refractivity contribution in [3.8, 4) is 23.3 Å². The summed E-state index contributed by atoms with van der Waals surface area (Å²) in [6.45, 7) is 0.317. The number of para-hydroxylation sites is 1. The lowest BCUT2D eigenvalue weighted by Crippen LogP contribution is -2.26. The summed E-state index contributed by atoms with van der Waals surface area (Å²) in [7, 11) is 1.52. The van der Waals surface area contributed by atoms with E-state index in [4.69, 9.17) is 14.6 Å². The fourth-order valence-corrected chi connectivity index (χ4v) is 3.53. The summed E-state index contributed by atoms with van der Waals surface area (Å²) in [6.07, 6.45) is 2.73. The van der Waals surface area contributed by atoms with Crippen molar-refractivity contribution in [2.45, 2.75) is 12.3 Å². The van der Waals surface area contributed by atoms with Crippen LogP contribution < -0.4 is 14.4 Å². The highest BCUT2D eigenvalue weighted by atomic mass is 16.5. The minimum Gasteiger partial charge on any atom is -0.493 e. The number of ether oxygens (including phenoxy) is 2. The lowest BCUT2D eigenvalue weighted by Gasteiger charge is -2.17. The molecule has 1 atom stereocenters. The largest absolute Gasteiger partial charge is 0.493 e. The van der Waals surface area contributed by atoms with Crippen molar-refractivity contribution < 1.29 is 24.2 Å². The smallest absolute Gasteiger partial charge is 0.356 e. The van der Waals surface area contributed by atoms with E-state index >= 15 is 0 Å². The number of amides is 1. The summed E-state index contributed by atoms with van der Waals surface area (Å²) in [5, 5.41) is 18.5. The molecule has 0 saturated carbocycles. The number of hydrogen-bond donors (Lipinski definition) is 1. The second kappa shape index (κ2) is 8.73. The first-order valence-corrected chi connectivity index (χ1v) is 9.70. The number of nitriles is 1. The first-order valence-electron chi connectivity index (χ1n) is 9.70. The summed E-state index contributed by atoms with van der Waals surface area (Å²) in [5.74, 6) is -0.0519. The third kappa shape index (κ3) is 4.06. The molecule has 0 spiro atoms. The van der Waals surface area contributed by atoms with Gasteiger partial charge in [-0.05, 0) is 29.8 Å². The summed E-state index contributed by atoms with van der Waals surface area (Å²) in [5.41, 5.74) is 1.00. The number of benzene rings is 2. The zero-order valence-electron chi connectivity index (χ0n) is 17.1. The van der Waals surface area contributed by atoms with Gasteiger partial charge in [0.2, 0.25) is 5.91 Å². The first-order chi connectivity index (χ1) is 15.5. The predicted octanol–water partition coefficient (Wildman–Crippen LogP) is 3.37. The number of nitrogens with zero attached hydrogens (tertiary/aromatic N) is 4. The van der Waals surface area contributed by atoms with Crippen molar-refractivity contribution in [2.75, 3.05) is 18.6 Å². The second-order valence-corrected chi connectivity index (χ2v) is 7.09. The summed E-state index contributed by atoms with van der Waals surface area (Å²) in [6, 6.07) is 14.3. The average molecular weight is 430 g/mol. The summed E-state index contributed by atoms with van der Waals surface area (Å²) < 4.78 is 11.4. The van der Waals surface area contributed by atoms with Gasteiger partial charge in [-0.1, -0.05) is 18.2 Å². The molecule has 9 nitrogen and oxygen atoms in total. The van der Waals surface area contributed by atoms with Crippen LogP contribution in [0.3, 0.4) is 0 Å². The van der Waals surface area contributed by atoms with Gasteiger partial charge in [-0.25, -0.2) is 9.78 Å². The van der Waals surface area contributed by atoms with Gasteiger partial charge in [0.25, 0.3) is 0 Å². The normalized spacial score (nSPS) is 15.3. The van der Waals surface area contributed by atoms with Crippen LogP contribution >= 0.6 is 0 Å². The van der Waals surface area contributed by atoms with Crippen LogP contribution in [0.4, 0.5) is 5.82 Å². The Morgan fingerprint density at radius 1 is 1.19 bits per heavy atom. The number of carbonyl (C=O) groups excluding carboxylic acids is 1. The van der Waals surface area contributed by atoms with Gasteiger partial charge in [0.05, 0.1) is 25.1 Å². The van der Waals surface area contributed by atoms with Gasteiger partial charge in [0, 0.05) is 18.9 Å². The van der Waals surface area contributed by atoms with Gasteiger partial charge >= 0.3 is 5.97 Å². The molecule has 32 heavy (non-hydrogen) atoms. The molecule has 0 radical (unpaired) electrons. The molecule has 1 unspecified atom stereocenters. The van der Waals surface area contributed by atoms with Gasteiger partial charge < -0.3 is 14.6 Å². The van der Waals surface area contributed by atoms with Gasteiger partial charge in [-0.15, -0.1) is 0 Å². The molecule has 3 aromatic rings. The van der Waals surface area contributed by atoms with Gasteiger partial charge in [0.1, 0.15) is 11.8 Å². The summed E-state index contributed by atoms with van der Waals surface area (Å²) >= 11 is 0. The number of carbonyl (C=O) groups is 2. The zero-order valence-corrected chi connectivity index (χ0v) is 17.1. The van der Waals surface area contributed by atoms with Crippen LogP contribution in [0.25, 0.3) is 0 Å². The third-order valence-electron chi connectivity index (χ3n) is 5.13. The van der Waals surface area contributed by atoms with E-state index in [1.54, 1.807) is 36.4 Å². The minimum atomic E-state index is -1.21. The van der Waals surface area contributed by atoms with Crippen LogP contribution in [0.5, 0.6) is 17.2 Å². The molecular weight excluding hydrogens is 412 g/mol. The highest BCUT2D eigenvalue weighted by Gasteiger charge is 2.33. The summed E-state index contributed by atoms with van der Waals surface area (Å²) in [4.78, 5) is 33.2. The first kappa shape index (κ1) is 20.8. The molecule has 1 amide bonds. The van der Waals surface area contributed by atoms with Crippen LogP contribution in [0.1, 0.15) is 34.0 Å². The van der Waals surface area contributed by atoms with E-state index in [0.29, 0.717) is 29.4 Å². The molecule has 1 N–H and O–H groups in total. The lowest BCUT2D eigenvalue weighted by molar-refractivity contribution is -0.117. The van der Waals surface area contributed by atoms with Crippen molar-refractivity contribution in [2.24, 2.45) is 0 Å². The Hall–Kier alpha value is -4.45. The molecule has 2 heterocycles. The molecule has 1 aromatic heterocycles. The fraction of sp³-hybridized carbons (Fsp3) is 0.174. The number of anilines is 1. The topological polar surface area (TPSA) is 126 Å². The van der Waals surface area contributed by atoms with E-state index in [9.17, 15) is 14.9 Å². The average Bonchev–Trinajstić information content (AvgIpc) is 3.21. The second-order valence-electron chi connectivity index (χ2n) is 7.09. The van der Waals surface area contributed by atoms with E-state index in [1.807, 2.05) is 6.07 Å². The Morgan fingerprint density at radius 2 is 2.00 bits per heavy atom. The molecule has 9 heteroatoms. The number of hydrogen-bond acceptors (Lipinski definition) is 7. The van der Waals surface area contributed by atoms with E-state index < -0.39 is 5.97 Å².